The van der Waals surface area contributed by atoms with E-state index in [-0.39, 0.29) is 22.7 Å². The van der Waals surface area contributed by atoms with Crippen LogP contribution in [0.1, 0.15) is 41.1 Å². The molecule has 1 unspecified atom stereocenters. The number of ether oxygens (including phenoxy) is 1. The lowest BCUT2D eigenvalue weighted by Crippen LogP contribution is -2.52. The fraction of sp³-hybridized carbons (Fsp3) is 0.467. The summed E-state index contributed by atoms with van der Waals surface area (Å²) in [7, 11) is 0. The van der Waals surface area contributed by atoms with Gasteiger partial charge in [-0.2, -0.15) is 5.10 Å². The second-order valence-corrected chi connectivity index (χ2v) is 5.87. The summed E-state index contributed by atoms with van der Waals surface area (Å²) in [5.41, 5.74) is 5.79. The third-order valence-corrected chi connectivity index (χ3v) is 4.26. The van der Waals surface area contributed by atoms with Crippen LogP contribution in [-0.2, 0) is 4.74 Å². The van der Waals surface area contributed by atoms with E-state index in [1.807, 2.05) is 13.8 Å². The Morgan fingerprint density at radius 2 is 2.26 bits per heavy atom. The molecule has 0 aliphatic carbocycles. The molecule has 0 aromatic carbocycles. The number of hydrogen-bond acceptors (Lipinski definition) is 5. The summed E-state index contributed by atoms with van der Waals surface area (Å²) >= 11 is 0. The topological polar surface area (TPSA) is 103 Å². The van der Waals surface area contributed by atoms with Gasteiger partial charge in [0, 0.05) is 19.3 Å². The van der Waals surface area contributed by atoms with Crippen LogP contribution in [0.4, 0.5) is 0 Å². The average Bonchev–Trinajstić information content (AvgIpc) is 2.98. The maximum absolute atomic E-state index is 12.9. The lowest BCUT2D eigenvalue weighted by molar-refractivity contribution is -0.0898. The molecule has 2 aromatic heterocycles. The first kappa shape index (κ1) is 15.4. The van der Waals surface area contributed by atoms with Gasteiger partial charge in [-0.1, -0.05) is 6.92 Å². The second kappa shape index (κ2) is 5.62. The van der Waals surface area contributed by atoms with Gasteiger partial charge in [-0.25, -0.2) is 9.50 Å². The van der Waals surface area contributed by atoms with E-state index >= 15 is 0 Å². The summed E-state index contributed by atoms with van der Waals surface area (Å²) in [6.07, 6.45) is 3.63. The van der Waals surface area contributed by atoms with Crippen molar-refractivity contribution in [3.63, 3.8) is 0 Å². The molecule has 23 heavy (non-hydrogen) atoms. The molecule has 2 aromatic rings. The lowest BCUT2D eigenvalue weighted by atomic mass is 10.0. The lowest BCUT2D eigenvalue weighted by Gasteiger charge is -2.40. The van der Waals surface area contributed by atoms with Gasteiger partial charge in [-0.3, -0.25) is 9.59 Å². The van der Waals surface area contributed by atoms with Gasteiger partial charge in [-0.15, -0.1) is 0 Å². The maximum Gasteiger partial charge on any atom is 0.272 e. The molecule has 3 rings (SSSR count). The molecule has 8 nitrogen and oxygen atoms in total. The number of fused-ring (bicyclic) bond motifs is 1. The molecule has 0 saturated carbocycles. The van der Waals surface area contributed by atoms with Gasteiger partial charge in [0.2, 0.25) is 0 Å². The van der Waals surface area contributed by atoms with Crippen LogP contribution >= 0.6 is 0 Å². The van der Waals surface area contributed by atoms with E-state index in [9.17, 15) is 9.59 Å². The highest BCUT2D eigenvalue weighted by molar-refractivity contribution is 5.99. The van der Waals surface area contributed by atoms with Crippen LogP contribution in [0.2, 0.25) is 0 Å². The molecule has 1 aliphatic rings. The Hall–Kier alpha value is -2.48. The zero-order valence-corrected chi connectivity index (χ0v) is 13.2. The summed E-state index contributed by atoms with van der Waals surface area (Å²) < 4.78 is 7.13. The predicted octanol–water partition coefficient (Wildman–Crippen LogP) is 0.469. The Balaban J connectivity index is 1.97. The van der Waals surface area contributed by atoms with Gasteiger partial charge >= 0.3 is 0 Å². The molecule has 3 heterocycles. The molecule has 2 N–H and O–H groups in total. The molecule has 2 amide bonds. The minimum atomic E-state index is -0.623. The Morgan fingerprint density at radius 1 is 1.48 bits per heavy atom. The molecule has 0 bridgehead atoms. The molecule has 1 atom stereocenters. The van der Waals surface area contributed by atoms with Crippen LogP contribution in [0.5, 0.6) is 0 Å². The zero-order valence-electron chi connectivity index (χ0n) is 13.2. The SMILES string of the molecule is CCC1(C)CN(C(=O)c2ccnc3c(C(N)=O)cnn23)CCO1. The van der Waals surface area contributed by atoms with Crippen LogP contribution < -0.4 is 5.73 Å². The van der Waals surface area contributed by atoms with Crippen molar-refractivity contribution in [1.29, 1.82) is 0 Å². The highest BCUT2D eigenvalue weighted by atomic mass is 16.5. The van der Waals surface area contributed by atoms with E-state index in [0.29, 0.717) is 25.4 Å². The number of primary amides is 1. The number of amides is 2. The fourth-order valence-electron chi connectivity index (χ4n) is 2.71. The molecule has 0 spiro atoms. The van der Waals surface area contributed by atoms with Crippen molar-refractivity contribution >= 4 is 17.5 Å². The standard InChI is InChI=1S/C15H19N5O3/c1-3-15(2)9-19(6-7-23-15)14(22)11-4-5-17-13-10(12(16)21)8-18-20(11)13/h4-5,8H,3,6-7,9H2,1-2H3,(H2,16,21). The number of carbonyl (C=O) groups is 2. The van der Waals surface area contributed by atoms with E-state index < -0.39 is 5.91 Å². The molecular weight excluding hydrogens is 298 g/mol. The summed E-state index contributed by atoms with van der Waals surface area (Å²) in [4.78, 5) is 30.1. The molecule has 1 fully saturated rings. The van der Waals surface area contributed by atoms with E-state index in [1.54, 1.807) is 11.0 Å². The molecule has 122 valence electrons. The fourth-order valence-corrected chi connectivity index (χ4v) is 2.71. The summed E-state index contributed by atoms with van der Waals surface area (Å²) in [5, 5.41) is 4.09. The van der Waals surface area contributed by atoms with Gasteiger partial charge in [0.1, 0.15) is 11.3 Å². The minimum absolute atomic E-state index is 0.167. The Kier molecular flexibility index (Phi) is 3.77. The van der Waals surface area contributed by atoms with Crippen LogP contribution in [0.3, 0.4) is 0 Å². The Labute approximate surface area is 133 Å². The van der Waals surface area contributed by atoms with Crippen molar-refractivity contribution in [2.24, 2.45) is 5.73 Å². The van der Waals surface area contributed by atoms with Crippen molar-refractivity contribution in [3.05, 3.63) is 29.7 Å². The number of aromatic nitrogens is 3. The summed E-state index contributed by atoms with van der Waals surface area (Å²) in [6.45, 7) is 5.55. The van der Waals surface area contributed by atoms with E-state index in [0.717, 1.165) is 6.42 Å². The Morgan fingerprint density at radius 3 is 2.96 bits per heavy atom. The Bertz CT molecular complexity index is 772. The third-order valence-electron chi connectivity index (χ3n) is 4.26. The second-order valence-electron chi connectivity index (χ2n) is 5.87. The van der Waals surface area contributed by atoms with Crippen molar-refractivity contribution in [2.75, 3.05) is 19.7 Å². The molecule has 1 saturated heterocycles. The summed E-state index contributed by atoms with van der Waals surface area (Å²) in [5.74, 6) is -0.790. The molecule has 1 aliphatic heterocycles. The number of nitrogens with zero attached hydrogens (tertiary/aromatic N) is 4. The normalized spacial score (nSPS) is 21.6. The first-order valence-electron chi connectivity index (χ1n) is 7.51. The maximum atomic E-state index is 12.9. The van der Waals surface area contributed by atoms with Crippen LogP contribution in [0.15, 0.2) is 18.5 Å². The molecule has 0 radical (unpaired) electrons. The largest absolute Gasteiger partial charge is 0.372 e. The van der Waals surface area contributed by atoms with E-state index in [2.05, 4.69) is 10.1 Å². The number of nitrogens with two attached hydrogens (primary N) is 1. The van der Waals surface area contributed by atoms with Crippen LogP contribution in [0.25, 0.3) is 5.65 Å². The molecule has 8 heteroatoms. The quantitative estimate of drug-likeness (QED) is 0.886. The smallest absolute Gasteiger partial charge is 0.272 e. The van der Waals surface area contributed by atoms with Gasteiger partial charge in [0.05, 0.1) is 18.4 Å². The van der Waals surface area contributed by atoms with Gasteiger partial charge in [0.25, 0.3) is 11.8 Å². The third kappa shape index (κ3) is 2.65. The van der Waals surface area contributed by atoms with E-state index in [4.69, 9.17) is 10.5 Å². The van der Waals surface area contributed by atoms with Crippen molar-refractivity contribution in [3.8, 4) is 0 Å². The predicted molar refractivity (Wildman–Crippen MR) is 82.1 cm³/mol. The van der Waals surface area contributed by atoms with Gasteiger partial charge < -0.3 is 15.4 Å². The zero-order chi connectivity index (χ0) is 16.6. The highest BCUT2D eigenvalue weighted by Crippen LogP contribution is 2.22. The number of hydrogen-bond donors (Lipinski definition) is 1. The summed E-state index contributed by atoms with van der Waals surface area (Å²) in [6, 6.07) is 1.59. The monoisotopic (exact) mass is 317 g/mol. The van der Waals surface area contributed by atoms with Crippen molar-refractivity contribution < 1.29 is 14.3 Å². The molecular formula is C15H19N5O3. The number of morpholine rings is 1. The number of carbonyl (C=O) groups excluding carboxylic acids is 2. The van der Waals surface area contributed by atoms with Crippen molar-refractivity contribution in [2.45, 2.75) is 25.9 Å². The van der Waals surface area contributed by atoms with Crippen LogP contribution in [0, 0.1) is 0 Å². The minimum Gasteiger partial charge on any atom is -0.372 e. The van der Waals surface area contributed by atoms with Crippen LogP contribution in [-0.4, -0.2) is 56.6 Å². The van der Waals surface area contributed by atoms with E-state index in [1.165, 1.54) is 16.9 Å². The van der Waals surface area contributed by atoms with Crippen molar-refractivity contribution in [1.82, 2.24) is 19.5 Å². The average molecular weight is 317 g/mol. The first-order chi connectivity index (χ1) is 10.9. The first-order valence-corrected chi connectivity index (χ1v) is 7.51. The van der Waals surface area contributed by atoms with Gasteiger partial charge in [-0.05, 0) is 19.4 Å². The van der Waals surface area contributed by atoms with Gasteiger partial charge in [0.15, 0.2) is 5.65 Å². The highest BCUT2D eigenvalue weighted by Gasteiger charge is 2.33. The number of rotatable bonds is 3.